The summed E-state index contributed by atoms with van der Waals surface area (Å²) in [5.74, 6) is 0.170. The predicted molar refractivity (Wildman–Crippen MR) is 152 cm³/mol. The van der Waals surface area contributed by atoms with Gasteiger partial charge in [0.05, 0.1) is 30.7 Å². The lowest BCUT2D eigenvalue weighted by atomic mass is 10.0. The largest absolute Gasteiger partial charge is 0.497 e. The van der Waals surface area contributed by atoms with Crippen molar-refractivity contribution in [3.05, 3.63) is 93.6 Å². The first-order valence-electron chi connectivity index (χ1n) is 12.1. The van der Waals surface area contributed by atoms with Crippen molar-refractivity contribution in [3.63, 3.8) is 0 Å². The minimum absolute atomic E-state index is 0.173. The highest BCUT2D eigenvalue weighted by Crippen LogP contribution is 2.34. The molecule has 0 N–H and O–H groups in total. The molecule has 0 aliphatic carbocycles. The quantitative estimate of drug-likeness (QED) is 0.144. The van der Waals surface area contributed by atoms with Gasteiger partial charge in [-0.1, -0.05) is 28.3 Å². The lowest BCUT2D eigenvalue weighted by molar-refractivity contribution is 0.0516. The van der Waals surface area contributed by atoms with Gasteiger partial charge in [0, 0.05) is 17.6 Å². The normalized spacial score (nSPS) is 11.5. The second-order valence-electron chi connectivity index (χ2n) is 8.75. The van der Waals surface area contributed by atoms with Gasteiger partial charge in [0.25, 0.3) is 0 Å². The lowest BCUT2D eigenvalue weighted by Gasteiger charge is -2.11. The van der Waals surface area contributed by atoms with Gasteiger partial charge >= 0.3 is 13.8 Å². The highest BCUT2D eigenvalue weighted by atomic mass is 35.5. The second-order valence-corrected chi connectivity index (χ2v) is 10.7. The van der Waals surface area contributed by atoms with Crippen LogP contribution in [0.4, 0.5) is 0 Å². The van der Waals surface area contributed by atoms with E-state index in [4.69, 9.17) is 26.3 Å². The molecule has 4 aromatic rings. The molecule has 1 heterocycles. The van der Waals surface area contributed by atoms with Crippen LogP contribution in [0.5, 0.6) is 5.75 Å². The van der Waals surface area contributed by atoms with Gasteiger partial charge in [-0.25, -0.2) is 4.79 Å². The molecule has 0 fully saturated rings. The molecule has 0 bridgehead atoms. The molecule has 1 unspecified atom stereocenters. The number of hydrogen-bond acceptors (Lipinski definition) is 5. The Kier molecular flexibility index (Phi) is 8.32. The molecule has 192 valence electrons. The van der Waals surface area contributed by atoms with E-state index < -0.39 is 13.8 Å². The number of esters is 1. The number of rotatable bonds is 8. The van der Waals surface area contributed by atoms with E-state index in [9.17, 15) is 9.36 Å². The minimum Gasteiger partial charge on any atom is -0.497 e. The fourth-order valence-electron chi connectivity index (χ4n) is 4.41. The van der Waals surface area contributed by atoms with Crippen molar-refractivity contribution in [1.82, 2.24) is 4.57 Å². The van der Waals surface area contributed by atoms with Crippen molar-refractivity contribution in [2.75, 3.05) is 13.7 Å². The number of hydrogen-bond donors (Lipinski definition) is 0. The number of carbonyl (C=O) groups is 1. The number of methoxy groups -OCH3 is 1. The maximum atomic E-state index is 14.3. The van der Waals surface area contributed by atoms with Crippen LogP contribution in [0.25, 0.3) is 17.0 Å². The number of nitriles is 1. The zero-order valence-corrected chi connectivity index (χ0v) is 23.3. The van der Waals surface area contributed by atoms with Crippen LogP contribution in [-0.2, 0) is 15.8 Å². The van der Waals surface area contributed by atoms with Crippen LogP contribution in [-0.4, -0.2) is 24.3 Å². The highest BCUT2D eigenvalue weighted by molar-refractivity contribution is 7.62. The van der Waals surface area contributed by atoms with Crippen LogP contribution in [0.1, 0.15) is 39.7 Å². The molecule has 0 aliphatic heterocycles. The standard InChI is InChI=1S/C30H27ClN2O4P/c1-5-37-30(34)28-29(38(35)25-15-19(2)20(3)22(16-25)7-6-14-32)26-17-23(31)10-13-27(26)33(28)18-21-8-11-24(36-4)12-9-21/h6-13,15-17H,5,18H2,1-4H3/q+1. The van der Waals surface area contributed by atoms with Crippen molar-refractivity contribution in [3.8, 4) is 11.8 Å². The summed E-state index contributed by atoms with van der Waals surface area (Å²) in [5, 5.41) is 11.0. The van der Waals surface area contributed by atoms with Crippen LogP contribution in [0.15, 0.2) is 60.7 Å². The third kappa shape index (κ3) is 5.36. The number of ether oxygens (including phenoxy) is 2. The Hall–Kier alpha value is -3.91. The summed E-state index contributed by atoms with van der Waals surface area (Å²) >= 11 is 6.39. The average Bonchev–Trinajstić information content (AvgIpc) is 3.22. The van der Waals surface area contributed by atoms with E-state index in [0.717, 1.165) is 33.5 Å². The molecule has 1 atom stereocenters. The molecule has 8 heteroatoms. The van der Waals surface area contributed by atoms with Crippen LogP contribution in [0.2, 0.25) is 5.02 Å². The van der Waals surface area contributed by atoms with Gasteiger partial charge in [-0.15, -0.1) is 0 Å². The highest BCUT2D eigenvalue weighted by Gasteiger charge is 2.38. The van der Waals surface area contributed by atoms with Crippen LogP contribution < -0.4 is 15.3 Å². The number of nitrogens with zero attached hydrogens (tertiary/aromatic N) is 2. The maximum Gasteiger partial charge on any atom is 0.418 e. The molecule has 4 rings (SSSR count). The summed E-state index contributed by atoms with van der Waals surface area (Å²) in [6, 6.07) is 18.6. The van der Waals surface area contributed by atoms with E-state index in [0.29, 0.717) is 27.6 Å². The monoisotopic (exact) mass is 545 g/mol. The summed E-state index contributed by atoms with van der Waals surface area (Å²) in [4.78, 5) is 13.4. The Morgan fingerprint density at radius 2 is 1.87 bits per heavy atom. The molecule has 0 saturated heterocycles. The van der Waals surface area contributed by atoms with Crippen molar-refractivity contribution < 1.29 is 18.8 Å². The molecule has 3 aromatic carbocycles. The van der Waals surface area contributed by atoms with Crippen LogP contribution in [0, 0.1) is 25.2 Å². The van der Waals surface area contributed by atoms with Crippen molar-refractivity contribution in [2.45, 2.75) is 27.3 Å². The van der Waals surface area contributed by atoms with Gasteiger partial charge in [0.1, 0.15) is 5.75 Å². The first kappa shape index (κ1) is 27.1. The smallest absolute Gasteiger partial charge is 0.418 e. The Morgan fingerprint density at radius 1 is 1.13 bits per heavy atom. The molecule has 1 aromatic heterocycles. The fraction of sp³-hybridized carbons (Fsp3) is 0.200. The number of aromatic nitrogens is 1. The number of aryl methyl sites for hydroxylation is 1. The zero-order chi connectivity index (χ0) is 27.4. The molecular weight excluding hydrogens is 519 g/mol. The first-order chi connectivity index (χ1) is 18.3. The van der Waals surface area contributed by atoms with E-state index >= 15 is 0 Å². The fourth-order valence-corrected chi connectivity index (χ4v) is 6.21. The molecule has 6 nitrogen and oxygen atoms in total. The van der Waals surface area contributed by atoms with E-state index in [1.807, 2.05) is 60.9 Å². The molecule has 38 heavy (non-hydrogen) atoms. The van der Waals surface area contributed by atoms with E-state index in [2.05, 4.69) is 0 Å². The summed E-state index contributed by atoms with van der Waals surface area (Å²) in [6.07, 6.45) is 3.09. The lowest BCUT2D eigenvalue weighted by Crippen LogP contribution is -2.21. The van der Waals surface area contributed by atoms with Gasteiger partial charge in [-0.3, -0.25) is 0 Å². The summed E-state index contributed by atoms with van der Waals surface area (Å²) in [6.45, 7) is 6.15. The van der Waals surface area contributed by atoms with Gasteiger partial charge < -0.3 is 14.0 Å². The number of allylic oxidation sites excluding steroid dienone is 1. The predicted octanol–water partition coefficient (Wildman–Crippen LogP) is 6.46. The number of fused-ring (bicyclic) bond motifs is 1. The molecule has 0 radical (unpaired) electrons. The van der Waals surface area contributed by atoms with E-state index in [-0.39, 0.29) is 12.3 Å². The number of carbonyl (C=O) groups excluding carboxylic acids is 1. The Morgan fingerprint density at radius 3 is 2.53 bits per heavy atom. The third-order valence-corrected chi connectivity index (χ3v) is 8.26. The van der Waals surface area contributed by atoms with Gasteiger partial charge in [0.15, 0.2) is 11.0 Å². The van der Waals surface area contributed by atoms with Crippen molar-refractivity contribution in [1.29, 1.82) is 5.26 Å². The molecule has 0 spiro atoms. The Bertz CT molecular complexity index is 1610. The third-order valence-electron chi connectivity index (χ3n) is 6.43. The molecule has 0 aliphatic rings. The van der Waals surface area contributed by atoms with E-state index in [1.54, 1.807) is 38.3 Å². The number of halogens is 1. The van der Waals surface area contributed by atoms with Gasteiger partial charge in [-0.05, 0) is 91.6 Å². The second kappa shape index (κ2) is 11.6. The Labute approximate surface area is 227 Å². The van der Waals surface area contributed by atoms with Crippen LogP contribution in [0.3, 0.4) is 0 Å². The van der Waals surface area contributed by atoms with Crippen molar-refractivity contribution >= 4 is 53.0 Å². The molecule has 0 amide bonds. The maximum absolute atomic E-state index is 14.3. The topological polar surface area (TPSA) is 81.3 Å². The SMILES string of the molecule is CCOC(=O)c1c([P+](=O)c2cc(C)c(C)c(C=CC#N)c2)c2cc(Cl)ccc2n1Cc1ccc(OC)cc1. The molecule has 0 saturated carbocycles. The minimum atomic E-state index is -2.24. The number of benzene rings is 3. The van der Waals surface area contributed by atoms with Crippen LogP contribution >= 0.6 is 19.4 Å². The summed E-state index contributed by atoms with van der Waals surface area (Å²) in [7, 11) is -0.630. The van der Waals surface area contributed by atoms with Crippen molar-refractivity contribution in [2.24, 2.45) is 0 Å². The summed E-state index contributed by atoms with van der Waals surface area (Å²) in [5.41, 5.74) is 4.59. The van der Waals surface area contributed by atoms with E-state index in [1.165, 1.54) is 6.08 Å². The average molecular weight is 546 g/mol. The van der Waals surface area contributed by atoms with Gasteiger partial charge in [-0.2, -0.15) is 5.26 Å². The zero-order valence-electron chi connectivity index (χ0n) is 21.6. The Balaban J connectivity index is 1.98. The van der Waals surface area contributed by atoms with Gasteiger partial charge in [0.2, 0.25) is 5.30 Å². The first-order valence-corrected chi connectivity index (χ1v) is 13.7. The molecular formula is C30H27ClN2O4P+. The summed E-state index contributed by atoms with van der Waals surface area (Å²) < 4.78 is 26.9.